The van der Waals surface area contributed by atoms with Crippen molar-refractivity contribution in [2.24, 2.45) is 5.41 Å². The monoisotopic (exact) mass is 309 g/mol. The lowest BCUT2D eigenvalue weighted by Crippen LogP contribution is -2.19. The van der Waals surface area contributed by atoms with Crippen LogP contribution < -0.4 is 0 Å². The highest BCUT2D eigenvalue weighted by atomic mass is 16.1. The molecule has 2 heteroatoms. The first-order chi connectivity index (χ1) is 10.9. The van der Waals surface area contributed by atoms with Crippen molar-refractivity contribution in [3.05, 3.63) is 66.0 Å². The van der Waals surface area contributed by atoms with E-state index in [0.717, 1.165) is 12.0 Å². The number of ketones is 1. The quantitative estimate of drug-likeness (QED) is 0.520. The largest absolute Gasteiger partial charge is 0.295 e. The first kappa shape index (κ1) is 17.4. The van der Waals surface area contributed by atoms with Crippen LogP contribution in [0, 0.1) is 5.41 Å². The fourth-order valence-corrected chi connectivity index (χ4v) is 3.40. The highest BCUT2D eigenvalue weighted by Gasteiger charge is 2.26. The lowest BCUT2D eigenvalue weighted by atomic mass is 9.72. The molecule has 1 aromatic heterocycles. The molecule has 1 heterocycles. The molecule has 0 radical (unpaired) electrons. The van der Waals surface area contributed by atoms with Crippen LogP contribution in [-0.4, -0.2) is 10.8 Å². The van der Waals surface area contributed by atoms with E-state index in [1.54, 1.807) is 18.5 Å². The number of pyridine rings is 1. The van der Waals surface area contributed by atoms with Gasteiger partial charge in [0.25, 0.3) is 0 Å². The van der Waals surface area contributed by atoms with Gasteiger partial charge in [-0.2, -0.15) is 0 Å². The van der Waals surface area contributed by atoms with Gasteiger partial charge in [-0.3, -0.25) is 9.78 Å². The van der Waals surface area contributed by atoms with Crippen molar-refractivity contribution in [1.82, 2.24) is 4.98 Å². The maximum Gasteiger partial charge on any atom is 0.156 e. The second kappa shape index (κ2) is 7.54. The summed E-state index contributed by atoms with van der Waals surface area (Å²) >= 11 is 0. The number of carbonyl (C=O) groups excluding carboxylic acids is 1. The maximum absolute atomic E-state index is 12.4. The summed E-state index contributed by atoms with van der Waals surface area (Å²) in [7, 11) is 0. The summed E-state index contributed by atoms with van der Waals surface area (Å²) in [5, 5.41) is 0. The highest BCUT2D eigenvalue weighted by Crippen LogP contribution is 2.40. The smallest absolute Gasteiger partial charge is 0.156 e. The van der Waals surface area contributed by atoms with Crippen LogP contribution in [0.1, 0.15) is 57.9 Å². The van der Waals surface area contributed by atoms with Crippen LogP contribution in [0.25, 0.3) is 0 Å². The number of rotatable bonds is 6. The third-order valence-electron chi connectivity index (χ3n) is 4.80. The molecule has 1 aliphatic carbocycles. The Morgan fingerprint density at radius 1 is 1.48 bits per heavy atom. The second-order valence-electron chi connectivity index (χ2n) is 7.06. The average molecular weight is 309 g/mol. The van der Waals surface area contributed by atoms with E-state index < -0.39 is 0 Å². The lowest BCUT2D eigenvalue weighted by molar-refractivity contribution is -0.114. The molecule has 2 rings (SSSR count). The third kappa shape index (κ3) is 4.51. The molecule has 0 saturated heterocycles. The molecule has 1 atom stereocenters. The second-order valence-corrected chi connectivity index (χ2v) is 7.06. The van der Waals surface area contributed by atoms with Gasteiger partial charge in [0.05, 0.1) is 0 Å². The van der Waals surface area contributed by atoms with E-state index in [0.29, 0.717) is 6.42 Å². The molecule has 0 N–H and O–H groups in total. The van der Waals surface area contributed by atoms with Crippen LogP contribution >= 0.6 is 0 Å². The lowest BCUT2D eigenvalue weighted by Gasteiger charge is -2.32. The Bertz CT molecular complexity index is 623. The molecule has 0 aromatic carbocycles. The summed E-state index contributed by atoms with van der Waals surface area (Å²) in [6.07, 6.45) is 13.2. The molecule has 0 spiro atoms. The standard InChI is InChI=1S/C21H27NO/c1-5-17(18-9-7-13-22-15-18)14-19(23)10-11-20-16(2)8-6-12-21(20,3)4/h5,7,9-11,13,15,17H,1,6,8,12,14H2,2-4H3/b11-10+/t17-/m1/s1. The molecular weight excluding hydrogens is 282 g/mol. The first-order valence-electron chi connectivity index (χ1n) is 8.37. The zero-order valence-corrected chi connectivity index (χ0v) is 14.5. The van der Waals surface area contributed by atoms with Crippen molar-refractivity contribution in [3.63, 3.8) is 0 Å². The molecule has 0 fully saturated rings. The van der Waals surface area contributed by atoms with E-state index in [4.69, 9.17) is 0 Å². The number of nitrogens with zero attached hydrogens (tertiary/aromatic N) is 1. The van der Waals surface area contributed by atoms with Gasteiger partial charge in [0.15, 0.2) is 5.78 Å². The van der Waals surface area contributed by atoms with E-state index in [1.807, 2.05) is 24.3 Å². The summed E-state index contributed by atoms with van der Waals surface area (Å²) in [5.41, 5.74) is 3.95. The molecule has 1 aromatic rings. The van der Waals surface area contributed by atoms with Gasteiger partial charge in [0, 0.05) is 24.7 Å². The number of allylic oxidation sites excluding steroid dienone is 5. The summed E-state index contributed by atoms with van der Waals surface area (Å²) < 4.78 is 0. The molecule has 0 aliphatic heterocycles. The Morgan fingerprint density at radius 2 is 2.26 bits per heavy atom. The van der Waals surface area contributed by atoms with Crippen molar-refractivity contribution in [1.29, 1.82) is 0 Å². The summed E-state index contributed by atoms with van der Waals surface area (Å²) in [4.78, 5) is 16.5. The fourth-order valence-electron chi connectivity index (χ4n) is 3.40. The highest BCUT2D eigenvalue weighted by molar-refractivity contribution is 5.91. The maximum atomic E-state index is 12.4. The van der Waals surface area contributed by atoms with Gasteiger partial charge in [0.1, 0.15) is 0 Å². The minimum atomic E-state index is 0.0234. The molecule has 0 saturated carbocycles. The minimum absolute atomic E-state index is 0.0234. The number of aromatic nitrogens is 1. The van der Waals surface area contributed by atoms with Crippen LogP contribution in [0.4, 0.5) is 0 Å². The zero-order valence-electron chi connectivity index (χ0n) is 14.5. The van der Waals surface area contributed by atoms with E-state index in [2.05, 4.69) is 32.3 Å². The summed E-state index contributed by atoms with van der Waals surface area (Å²) in [6, 6.07) is 3.89. The molecule has 122 valence electrons. The van der Waals surface area contributed by atoms with Crippen molar-refractivity contribution < 1.29 is 4.79 Å². The Labute approximate surface area is 140 Å². The average Bonchev–Trinajstić information content (AvgIpc) is 2.52. The van der Waals surface area contributed by atoms with Gasteiger partial charge in [0.2, 0.25) is 0 Å². The van der Waals surface area contributed by atoms with E-state index in [9.17, 15) is 4.79 Å². The molecule has 0 unspecified atom stereocenters. The Hall–Kier alpha value is -1.96. The zero-order chi connectivity index (χ0) is 16.9. The number of hydrogen-bond acceptors (Lipinski definition) is 2. The van der Waals surface area contributed by atoms with Crippen LogP contribution in [0.15, 0.2) is 60.5 Å². The van der Waals surface area contributed by atoms with Gasteiger partial charge < -0.3 is 0 Å². The molecule has 1 aliphatic rings. The predicted molar refractivity (Wildman–Crippen MR) is 96.3 cm³/mol. The van der Waals surface area contributed by atoms with Gasteiger partial charge in [-0.25, -0.2) is 0 Å². The SMILES string of the molecule is C=C[C@H](CC(=O)/C=C/C1=C(C)CCCC1(C)C)c1cccnc1. The van der Waals surface area contributed by atoms with Crippen molar-refractivity contribution >= 4 is 5.78 Å². The van der Waals surface area contributed by atoms with Gasteiger partial charge in [-0.05, 0) is 54.9 Å². The van der Waals surface area contributed by atoms with Crippen LogP contribution in [-0.2, 0) is 4.79 Å². The van der Waals surface area contributed by atoms with Crippen molar-refractivity contribution in [2.45, 2.75) is 52.4 Å². The number of carbonyl (C=O) groups is 1. The minimum Gasteiger partial charge on any atom is -0.295 e. The van der Waals surface area contributed by atoms with Crippen LogP contribution in [0.3, 0.4) is 0 Å². The Morgan fingerprint density at radius 3 is 2.87 bits per heavy atom. The van der Waals surface area contributed by atoms with Gasteiger partial charge in [-0.15, -0.1) is 6.58 Å². The molecule has 0 amide bonds. The first-order valence-corrected chi connectivity index (χ1v) is 8.37. The van der Waals surface area contributed by atoms with Gasteiger partial charge in [-0.1, -0.05) is 37.6 Å². The topological polar surface area (TPSA) is 30.0 Å². The normalized spacial score (nSPS) is 18.9. The van der Waals surface area contributed by atoms with E-state index >= 15 is 0 Å². The molecule has 23 heavy (non-hydrogen) atoms. The van der Waals surface area contributed by atoms with E-state index in [1.165, 1.54) is 24.0 Å². The fraction of sp³-hybridized carbons (Fsp3) is 0.429. The van der Waals surface area contributed by atoms with Crippen LogP contribution in [0.5, 0.6) is 0 Å². The molecule has 2 nitrogen and oxygen atoms in total. The Balaban J connectivity index is 2.08. The van der Waals surface area contributed by atoms with Crippen molar-refractivity contribution in [2.75, 3.05) is 0 Å². The molecular formula is C21H27NO. The molecule has 0 bridgehead atoms. The Kier molecular flexibility index (Phi) is 5.70. The summed E-state index contributed by atoms with van der Waals surface area (Å²) in [5.74, 6) is 0.163. The van der Waals surface area contributed by atoms with Crippen LogP contribution in [0.2, 0.25) is 0 Å². The predicted octanol–water partition coefficient (Wildman–Crippen LogP) is 5.39. The number of hydrogen-bond donors (Lipinski definition) is 0. The van der Waals surface area contributed by atoms with Gasteiger partial charge >= 0.3 is 0 Å². The van der Waals surface area contributed by atoms with Crippen molar-refractivity contribution in [3.8, 4) is 0 Å². The van der Waals surface area contributed by atoms with E-state index in [-0.39, 0.29) is 17.1 Å². The third-order valence-corrected chi connectivity index (χ3v) is 4.80. The summed E-state index contributed by atoms with van der Waals surface area (Å²) in [6.45, 7) is 10.6.